The minimum atomic E-state index is 0.0988. The fraction of sp³-hybridized carbons (Fsp3) is 0.222. The number of hydrogen-bond donors (Lipinski definition) is 3. The van der Waals surface area contributed by atoms with E-state index in [4.69, 9.17) is 16.9 Å². The molecule has 3 nitrogen and oxygen atoms in total. The van der Waals surface area contributed by atoms with Crippen LogP contribution in [0.4, 0.5) is 0 Å². The van der Waals surface area contributed by atoms with Gasteiger partial charge in [0.15, 0.2) is 0 Å². The lowest BCUT2D eigenvalue weighted by Crippen LogP contribution is -2.11. The maximum Gasteiger partial charge on any atom is 0.122 e. The van der Waals surface area contributed by atoms with E-state index in [1.54, 1.807) is 0 Å². The molecule has 1 aromatic rings. The lowest BCUT2D eigenvalue weighted by Gasteiger charge is -2.04. The van der Waals surface area contributed by atoms with E-state index in [0.29, 0.717) is 6.54 Å². The molecule has 0 fully saturated rings. The molecule has 1 aromatic carbocycles. The van der Waals surface area contributed by atoms with Gasteiger partial charge in [-0.2, -0.15) is 0 Å². The predicted octanol–water partition coefficient (Wildman–Crippen LogP) is 0.738. The van der Waals surface area contributed by atoms with Crippen LogP contribution in [0.1, 0.15) is 16.7 Å². The summed E-state index contributed by atoms with van der Waals surface area (Å²) in [5.74, 6) is 0.0988. The van der Waals surface area contributed by atoms with Crippen molar-refractivity contribution in [1.82, 2.24) is 0 Å². The third-order valence-corrected chi connectivity index (χ3v) is 1.87. The summed E-state index contributed by atoms with van der Waals surface area (Å²) in [5, 5.41) is 7.21. The minimum Gasteiger partial charge on any atom is -0.384 e. The van der Waals surface area contributed by atoms with Gasteiger partial charge in [-0.3, -0.25) is 5.41 Å². The number of hydrogen-bond acceptors (Lipinski definition) is 2. The summed E-state index contributed by atoms with van der Waals surface area (Å²) in [7, 11) is 0. The zero-order valence-electron chi connectivity index (χ0n) is 7.09. The van der Waals surface area contributed by atoms with Crippen molar-refractivity contribution in [2.24, 2.45) is 11.5 Å². The molecule has 0 spiro atoms. The third kappa shape index (κ3) is 1.62. The molecule has 0 aliphatic heterocycles. The van der Waals surface area contributed by atoms with E-state index in [0.717, 1.165) is 16.7 Å². The second-order valence-electron chi connectivity index (χ2n) is 2.76. The SMILES string of the molecule is Cc1cc(C(=N)N)ccc1CN. The molecule has 0 saturated carbocycles. The highest BCUT2D eigenvalue weighted by Gasteiger charge is 1.99. The van der Waals surface area contributed by atoms with Gasteiger partial charge < -0.3 is 11.5 Å². The van der Waals surface area contributed by atoms with Crippen molar-refractivity contribution in [2.75, 3.05) is 0 Å². The van der Waals surface area contributed by atoms with E-state index < -0.39 is 0 Å². The van der Waals surface area contributed by atoms with Gasteiger partial charge in [0.05, 0.1) is 0 Å². The van der Waals surface area contributed by atoms with E-state index in [1.807, 2.05) is 25.1 Å². The van der Waals surface area contributed by atoms with Crippen LogP contribution in [0.2, 0.25) is 0 Å². The number of nitrogen functional groups attached to an aromatic ring is 1. The first-order valence-corrected chi connectivity index (χ1v) is 3.79. The Kier molecular flexibility index (Phi) is 2.45. The quantitative estimate of drug-likeness (QED) is 0.444. The average molecular weight is 163 g/mol. The fourth-order valence-electron chi connectivity index (χ4n) is 1.09. The van der Waals surface area contributed by atoms with Crippen LogP contribution in [0.25, 0.3) is 0 Å². The van der Waals surface area contributed by atoms with E-state index in [-0.39, 0.29) is 5.84 Å². The summed E-state index contributed by atoms with van der Waals surface area (Å²) < 4.78 is 0. The lowest BCUT2D eigenvalue weighted by molar-refractivity contribution is 1.05. The van der Waals surface area contributed by atoms with Crippen LogP contribution in [0, 0.1) is 12.3 Å². The van der Waals surface area contributed by atoms with Crippen LogP contribution in [-0.2, 0) is 6.54 Å². The van der Waals surface area contributed by atoms with Crippen molar-refractivity contribution in [3.8, 4) is 0 Å². The van der Waals surface area contributed by atoms with E-state index in [9.17, 15) is 0 Å². The fourth-order valence-corrected chi connectivity index (χ4v) is 1.09. The topological polar surface area (TPSA) is 75.9 Å². The molecule has 0 atom stereocenters. The van der Waals surface area contributed by atoms with Crippen LogP contribution < -0.4 is 11.5 Å². The first-order chi connectivity index (χ1) is 5.65. The molecule has 5 N–H and O–H groups in total. The molecule has 0 aromatic heterocycles. The van der Waals surface area contributed by atoms with Gasteiger partial charge in [0.2, 0.25) is 0 Å². The smallest absolute Gasteiger partial charge is 0.122 e. The van der Waals surface area contributed by atoms with Gasteiger partial charge in [-0.15, -0.1) is 0 Å². The third-order valence-electron chi connectivity index (χ3n) is 1.87. The van der Waals surface area contributed by atoms with Crippen LogP contribution in [0.5, 0.6) is 0 Å². The predicted molar refractivity (Wildman–Crippen MR) is 50.1 cm³/mol. The van der Waals surface area contributed by atoms with Gasteiger partial charge in [-0.25, -0.2) is 0 Å². The second-order valence-corrected chi connectivity index (χ2v) is 2.76. The Hall–Kier alpha value is -1.35. The standard InChI is InChI=1S/C9H13N3/c1-6-4-7(9(11)12)2-3-8(6)5-10/h2-4H,5,10H2,1H3,(H3,11,12). The number of amidine groups is 1. The Morgan fingerprint density at radius 3 is 2.58 bits per heavy atom. The Labute approximate surface area is 71.9 Å². The van der Waals surface area contributed by atoms with Crippen molar-refractivity contribution in [2.45, 2.75) is 13.5 Å². The molecular formula is C9H13N3. The Bertz CT molecular complexity index is 305. The zero-order valence-corrected chi connectivity index (χ0v) is 7.09. The lowest BCUT2D eigenvalue weighted by atomic mass is 10.0. The van der Waals surface area contributed by atoms with Crippen LogP contribution >= 0.6 is 0 Å². The number of nitrogens with two attached hydrogens (primary N) is 2. The Morgan fingerprint density at radius 2 is 2.17 bits per heavy atom. The number of nitrogens with one attached hydrogen (secondary N) is 1. The molecule has 64 valence electrons. The van der Waals surface area contributed by atoms with Crippen LogP contribution in [0.15, 0.2) is 18.2 Å². The summed E-state index contributed by atoms with van der Waals surface area (Å²) in [6, 6.07) is 5.61. The molecule has 12 heavy (non-hydrogen) atoms. The first kappa shape index (κ1) is 8.74. The van der Waals surface area contributed by atoms with Crippen molar-refractivity contribution < 1.29 is 0 Å². The minimum absolute atomic E-state index is 0.0988. The van der Waals surface area contributed by atoms with Gasteiger partial charge in [0.1, 0.15) is 5.84 Å². The molecule has 0 saturated heterocycles. The van der Waals surface area contributed by atoms with Crippen molar-refractivity contribution in [3.63, 3.8) is 0 Å². The molecule has 1 rings (SSSR count). The molecule has 0 amide bonds. The largest absolute Gasteiger partial charge is 0.384 e. The molecule has 0 heterocycles. The van der Waals surface area contributed by atoms with Gasteiger partial charge >= 0.3 is 0 Å². The summed E-state index contributed by atoms with van der Waals surface area (Å²) in [6.45, 7) is 2.50. The maximum absolute atomic E-state index is 7.21. The average Bonchev–Trinajstić information content (AvgIpc) is 2.04. The molecule has 3 heteroatoms. The molecule has 0 bridgehead atoms. The van der Waals surface area contributed by atoms with Gasteiger partial charge in [0, 0.05) is 12.1 Å². The van der Waals surface area contributed by atoms with Gasteiger partial charge in [-0.05, 0) is 24.1 Å². The van der Waals surface area contributed by atoms with Crippen molar-refractivity contribution in [1.29, 1.82) is 5.41 Å². The molecule has 0 aliphatic rings. The van der Waals surface area contributed by atoms with Crippen molar-refractivity contribution >= 4 is 5.84 Å². The van der Waals surface area contributed by atoms with Crippen LogP contribution in [0.3, 0.4) is 0 Å². The summed E-state index contributed by atoms with van der Waals surface area (Å²) in [6.07, 6.45) is 0. The maximum atomic E-state index is 7.21. The highest BCUT2D eigenvalue weighted by atomic mass is 14.7. The summed E-state index contributed by atoms with van der Waals surface area (Å²) >= 11 is 0. The highest BCUT2D eigenvalue weighted by Crippen LogP contribution is 2.09. The summed E-state index contributed by atoms with van der Waals surface area (Å²) in [4.78, 5) is 0. The van der Waals surface area contributed by atoms with Crippen molar-refractivity contribution in [3.05, 3.63) is 34.9 Å². The Balaban J connectivity index is 3.10. The molecular weight excluding hydrogens is 150 g/mol. The van der Waals surface area contributed by atoms with Gasteiger partial charge in [0.25, 0.3) is 0 Å². The number of aryl methyl sites for hydroxylation is 1. The normalized spacial score (nSPS) is 9.83. The summed E-state index contributed by atoms with van der Waals surface area (Å²) in [5.41, 5.74) is 13.8. The Morgan fingerprint density at radius 1 is 1.50 bits per heavy atom. The number of rotatable bonds is 2. The number of benzene rings is 1. The molecule has 0 aliphatic carbocycles. The van der Waals surface area contributed by atoms with E-state index in [2.05, 4.69) is 0 Å². The monoisotopic (exact) mass is 163 g/mol. The first-order valence-electron chi connectivity index (χ1n) is 3.79. The molecule has 0 radical (unpaired) electrons. The zero-order chi connectivity index (χ0) is 9.14. The second kappa shape index (κ2) is 3.36. The van der Waals surface area contributed by atoms with E-state index in [1.165, 1.54) is 0 Å². The van der Waals surface area contributed by atoms with Crippen LogP contribution in [-0.4, -0.2) is 5.84 Å². The molecule has 0 unspecified atom stereocenters. The van der Waals surface area contributed by atoms with Gasteiger partial charge in [-0.1, -0.05) is 12.1 Å². The van der Waals surface area contributed by atoms with E-state index >= 15 is 0 Å². The highest BCUT2D eigenvalue weighted by molar-refractivity contribution is 5.95.